The molecule has 0 radical (unpaired) electrons. The van der Waals surface area contributed by atoms with Crippen molar-refractivity contribution in [1.29, 1.82) is 0 Å². The van der Waals surface area contributed by atoms with Crippen LogP contribution in [0.5, 0.6) is 5.75 Å². The summed E-state index contributed by atoms with van der Waals surface area (Å²) in [5.74, 6) is 0.187. The molecule has 0 unspecified atom stereocenters. The number of halogens is 2. The van der Waals surface area contributed by atoms with Gasteiger partial charge in [0.15, 0.2) is 0 Å². The second-order valence-corrected chi connectivity index (χ2v) is 9.58. The second kappa shape index (κ2) is 10.4. The van der Waals surface area contributed by atoms with Crippen molar-refractivity contribution in [2.75, 3.05) is 0 Å². The molecule has 34 heavy (non-hydrogen) atoms. The summed E-state index contributed by atoms with van der Waals surface area (Å²) in [5.41, 5.74) is 2.19. The van der Waals surface area contributed by atoms with E-state index in [0.29, 0.717) is 31.3 Å². The molecule has 0 bridgehead atoms. The molecule has 1 aliphatic heterocycles. The van der Waals surface area contributed by atoms with E-state index < -0.39 is 4.92 Å². The van der Waals surface area contributed by atoms with E-state index in [1.165, 1.54) is 17.0 Å². The van der Waals surface area contributed by atoms with Gasteiger partial charge in [-0.3, -0.25) is 24.6 Å². The van der Waals surface area contributed by atoms with Crippen molar-refractivity contribution in [3.05, 3.63) is 108 Å². The van der Waals surface area contributed by atoms with Gasteiger partial charge in [0.1, 0.15) is 12.4 Å². The Bertz CT molecular complexity index is 1310. The SMILES string of the molecule is O=C1S/C(=C/c2ccc(OCc3cccc([N+](=O)[O-])c3)c(Br)c2)C(=O)N1Cc1ccc(Cl)cc1. The van der Waals surface area contributed by atoms with Crippen molar-refractivity contribution in [2.24, 2.45) is 0 Å². The quantitative estimate of drug-likeness (QED) is 0.179. The van der Waals surface area contributed by atoms with Crippen molar-refractivity contribution in [2.45, 2.75) is 13.2 Å². The number of imide groups is 1. The Hall–Kier alpha value is -3.14. The summed E-state index contributed by atoms with van der Waals surface area (Å²) in [7, 11) is 0. The van der Waals surface area contributed by atoms with E-state index >= 15 is 0 Å². The van der Waals surface area contributed by atoms with Gasteiger partial charge in [-0.05, 0) is 74.7 Å². The first kappa shape index (κ1) is 24.0. The number of hydrogen-bond acceptors (Lipinski definition) is 6. The third-order valence-electron chi connectivity index (χ3n) is 4.90. The number of ether oxygens (including phenoxy) is 1. The maximum atomic E-state index is 12.8. The van der Waals surface area contributed by atoms with E-state index in [1.54, 1.807) is 60.7 Å². The van der Waals surface area contributed by atoms with Gasteiger partial charge in [0, 0.05) is 17.2 Å². The normalized spacial score (nSPS) is 14.6. The first-order chi connectivity index (χ1) is 16.3. The first-order valence-corrected chi connectivity index (χ1v) is 11.9. The molecule has 2 amide bonds. The fourth-order valence-electron chi connectivity index (χ4n) is 3.20. The average molecular weight is 560 g/mol. The fraction of sp³-hybridized carbons (Fsp3) is 0.0833. The van der Waals surface area contributed by atoms with Crippen LogP contribution in [-0.4, -0.2) is 21.0 Å². The van der Waals surface area contributed by atoms with Crippen molar-refractivity contribution in [3.63, 3.8) is 0 Å². The lowest BCUT2D eigenvalue weighted by atomic mass is 10.2. The number of rotatable bonds is 7. The van der Waals surface area contributed by atoms with Crippen LogP contribution in [0, 0.1) is 10.1 Å². The number of hydrogen-bond donors (Lipinski definition) is 0. The maximum absolute atomic E-state index is 12.8. The monoisotopic (exact) mass is 558 g/mol. The van der Waals surface area contributed by atoms with Gasteiger partial charge in [-0.15, -0.1) is 0 Å². The predicted molar refractivity (Wildman–Crippen MR) is 135 cm³/mol. The lowest BCUT2D eigenvalue weighted by Gasteiger charge is -2.12. The average Bonchev–Trinajstić information content (AvgIpc) is 3.07. The molecule has 0 aromatic heterocycles. The lowest BCUT2D eigenvalue weighted by Crippen LogP contribution is -2.27. The molecule has 3 aromatic rings. The van der Waals surface area contributed by atoms with Crippen LogP contribution in [0.2, 0.25) is 5.02 Å². The van der Waals surface area contributed by atoms with Gasteiger partial charge in [-0.2, -0.15) is 0 Å². The Kier molecular flexibility index (Phi) is 7.35. The van der Waals surface area contributed by atoms with E-state index in [-0.39, 0.29) is 30.0 Å². The topological polar surface area (TPSA) is 89.7 Å². The molecule has 0 aliphatic carbocycles. The van der Waals surface area contributed by atoms with Gasteiger partial charge in [0.25, 0.3) is 16.8 Å². The highest BCUT2D eigenvalue weighted by molar-refractivity contribution is 9.10. The molecular formula is C24H16BrClN2O5S. The minimum Gasteiger partial charge on any atom is -0.488 e. The van der Waals surface area contributed by atoms with Gasteiger partial charge >= 0.3 is 0 Å². The number of amides is 2. The third-order valence-corrected chi connectivity index (χ3v) is 6.68. The van der Waals surface area contributed by atoms with Crippen molar-refractivity contribution >= 4 is 62.2 Å². The van der Waals surface area contributed by atoms with Crippen LogP contribution in [-0.2, 0) is 17.9 Å². The number of thioether (sulfide) groups is 1. The smallest absolute Gasteiger partial charge is 0.293 e. The van der Waals surface area contributed by atoms with Crippen LogP contribution in [0.1, 0.15) is 16.7 Å². The highest BCUT2D eigenvalue weighted by Crippen LogP contribution is 2.35. The van der Waals surface area contributed by atoms with E-state index in [2.05, 4.69) is 15.9 Å². The van der Waals surface area contributed by atoms with Gasteiger partial charge < -0.3 is 4.74 Å². The third kappa shape index (κ3) is 5.67. The molecule has 0 spiro atoms. The van der Waals surface area contributed by atoms with Crippen molar-refractivity contribution in [3.8, 4) is 5.75 Å². The van der Waals surface area contributed by atoms with E-state index in [0.717, 1.165) is 17.3 Å². The largest absolute Gasteiger partial charge is 0.488 e. The number of nitro groups is 1. The van der Waals surface area contributed by atoms with E-state index in [1.807, 2.05) is 0 Å². The molecule has 1 heterocycles. The number of benzene rings is 3. The minimum atomic E-state index is -0.453. The molecule has 0 atom stereocenters. The zero-order chi connectivity index (χ0) is 24.2. The minimum absolute atomic E-state index is 0.000484. The highest BCUT2D eigenvalue weighted by atomic mass is 79.9. The fourth-order valence-corrected chi connectivity index (χ4v) is 4.68. The number of non-ortho nitro benzene ring substituents is 1. The lowest BCUT2D eigenvalue weighted by molar-refractivity contribution is -0.384. The number of nitro benzene ring substituents is 1. The number of nitrogens with zero attached hydrogens (tertiary/aromatic N) is 2. The summed E-state index contributed by atoms with van der Waals surface area (Å²) in [6.45, 7) is 0.330. The van der Waals surface area contributed by atoms with Gasteiger partial charge in [-0.1, -0.05) is 41.9 Å². The van der Waals surface area contributed by atoms with Crippen LogP contribution >= 0.6 is 39.3 Å². The molecule has 10 heteroatoms. The summed E-state index contributed by atoms with van der Waals surface area (Å²) < 4.78 is 6.42. The Labute approximate surface area is 212 Å². The molecule has 4 rings (SSSR count). The van der Waals surface area contributed by atoms with Crippen LogP contribution in [0.3, 0.4) is 0 Å². The highest BCUT2D eigenvalue weighted by Gasteiger charge is 2.35. The van der Waals surface area contributed by atoms with E-state index in [9.17, 15) is 19.7 Å². The molecule has 1 aliphatic rings. The summed E-state index contributed by atoms with van der Waals surface area (Å²) in [4.78, 5) is 37.2. The van der Waals surface area contributed by atoms with Gasteiger partial charge in [-0.25, -0.2) is 0 Å². The number of carbonyl (C=O) groups is 2. The molecule has 1 saturated heterocycles. The summed E-state index contributed by atoms with van der Waals surface area (Å²) in [5, 5.41) is 11.2. The van der Waals surface area contributed by atoms with Gasteiger partial charge in [0.2, 0.25) is 0 Å². The zero-order valence-corrected chi connectivity index (χ0v) is 20.6. The standard InChI is InChI=1S/C24H16BrClN2O5S/c25-20-11-16(6-9-21(20)33-14-17-2-1-3-19(10-17)28(31)32)12-22-23(29)27(24(30)34-22)13-15-4-7-18(26)8-5-15/h1-12H,13-14H2/b22-12+. The van der Waals surface area contributed by atoms with Crippen LogP contribution in [0.4, 0.5) is 10.5 Å². The van der Waals surface area contributed by atoms with E-state index in [4.69, 9.17) is 16.3 Å². The molecular weight excluding hydrogens is 544 g/mol. The van der Waals surface area contributed by atoms with Crippen LogP contribution < -0.4 is 4.74 Å². The molecule has 0 saturated carbocycles. The molecule has 172 valence electrons. The summed E-state index contributed by atoms with van der Waals surface area (Å²) in [6.07, 6.45) is 1.65. The number of carbonyl (C=O) groups excluding carboxylic acids is 2. The predicted octanol–water partition coefficient (Wildman–Crippen LogP) is 6.83. The van der Waals surface area contributed by atoms with Crippen molar-refractivity contribution in [1.82, 2.24) is 4.90 Å². The maximum Gasteiger partial charge on any atom is 0.293 e. The van der Waals surface area contributed by atoms with Crippen LogP contribution in [0.25, 0.3) is 6.08 Å². The zero-order valence-electron chi connectivity index (χ0n) is 17.4. The Morgan fingerprint density at radius 3 is 2.53 bits per heavy atom. The van der Waals surface area contributed by atoms with Crippen LogP contribution in [0.15, 0.2) is 76.1 Å². The first-order valence-electron chi connectivity index (χ1n) is 9.95. The molecule has 1 fully saturated rings. The molecule has 0 N–H and O–H groups in total. The second-order valence-electron chi connectivity index (χ2n) is 7.30. The van der Waals surface area contributed by atoms with Gasteiger partial charge in [0.05, 0.1) is 20.8 Å². The Morgan fingerprint density at radius 2 is 1.82 bits per heavy atom. The summed E-state index contributed by atoms with van der Waals surface area (Å²) in [6, 6.07) is 18.5. The Morgan fingerprint density at radius 1 is 1.06 bits per heavy atom. The summed E-state index contributed by atoms with van der Waals surface area (Å²) >= 11 is 10.2. The molecule has 3 aromatic carbocycles. The van der Waals surface area contributed by atoms with Crippen molar-refractivity contribution < 1.29 is 19.2 Å². The Balaban J connectivity index is 1.44. The molecule has 7 nitrogen and oxygen atoms in total.